The first-order valence-electron chi connectivity index (χ1n) is 6.40. The van der Waals surface area contributed by atoms with Crippen molar-refractivity contribution >= 4 is 11.7 Å². The van der Waals surface area contributed by atoms with E-state index in [1.165, 1.54) is 0 Å². The minimum absolute atomic E-state index is 0.0382. The van der Waals surface area contributed by atoms with Crippen molar-refractivity contribution in [1.29, 1.82) is 0 Å². The highest BCUT2D eigenvalue weighted by Crippen LogP contribution is 2.06. The highest BCUT2D eigenvalue weighted by Gasteiger charge is 2.18. The van der Waals surface area contributed by atoms with Gasteiger partial charge in [-0.15, -0.1) is 0 Å². The predicted molar refractivity (Wildman–Crippen MR) is 74.6 cm³/mol. The first-order chi connectivity index (χ1) is 9.08. The van der Waals surface area contributed by atoms with Crippen LogP contribution in [0.5, 0.6) is 0 Å². The number of carbonyl (C=O) groups excluding carboxylic acids is 1. The molecule has 1 unspecified atom stereocenters. The molecule has 0 fully saturated rings. The summed E-state index contributed by atoms with van der Waals surface area (Å²) in [5.41, 5.74) is 2.75. The van der Waals surface area contributed by atoms with Crippen molar-refractivity contribution in [2.24, 2.45) is 11.8 Å². The molecule has 0 aliphatic rings. The van der Waals surface area contributed by atoms with Crippen LogP contribution in [0.4, 0.5) is 5.82 Å². The van der Waals surface area contributed by atoms with Crippen molar-refractivity contribution < 1.29 is 9.53 Å². The molecule has 6 heteroatoms. The molecule has 6 nitrogen and oxygen atoms in total. The Labute approximate surface area is 113 Å². The normalized spacial score (nSPS) is 12.3. The third kappa shape index (κ3) is 4.84. The van der Waals surface area contributed by atoms with E-state index in [1.54, 1.807) is 18.2 Å². The summed E-state index contributed by atoms with van der Waals surface area (Å²) in [6.45, 7) is 7.13. The Morgan fingerprint density at radius 3 is 2.79 bits per heavy atom. The number of carbonyl (C=O) groups is 1. The number of hydrazine groups is 1. The van der Waals surface area contributed by atoms with E-state index in [9.17, 15) is 4.79 Å². The first kappa shape index (κ1) is 15.4. The second-order valence-electron chi connectivity index (χ2n) is 4.54. The number of hydrogen-bond donors (Lipinski definition) is 3. The summed E-state index contributed by atoms with van der Waals surface area (Å²) >= 11 is 0. The van der Waals surface area contributed by atoms with Crippen LogP contribution in [0.2, 0.25) is 0 Å². The Balaban J connectivity index is 2.69. The van der Waals surface area contributed by atoms with Gasteiger partial charge in [-0.3, -0.25) is 4.79 Å². The number of pyridine rings is 1. The van der Waals surface area contributed by atoms with Gasteiger partial charge in [0.25, 0.3) is 5.91 Å². The number of nitrogens with two attached hydrogens (primary N) is 1. The number of anilines is 1. The Morgan fingerprint density at radius 1 is 1.47 bits per heavy atom. The molecule has 106 valence electrons. The van der Waals surface area contributed by atoms with Crippen molar-refractivity contribution in [1.82, 2.24) is 10.3 Å². The fourth-order valence-electron chi connectivity index (χ4n) is 1.53. The smallest absolute Gasteiger partial charge is 0.270 e. The Morgan fingerprint density at radius 2 is 2.21 bits per heavy atom. The van der Waals surface area contributed by atoms with E-state index in [0.29, 0.717) is 24.7 Å². The molecule has 1 aromatic rings. The lowest BCUT2D eigenvalue weighted by molar-refractivity contribution is 0.0802. The molecule has 0 saturated heterocycles. The van der Waals surface area contributed by atoms with Gasteiger partial charge in [-0.1, -0.05) is 19.9 Å². The predicted octanol–water partition coefficient (Wildman–Crippen LogP) is 1.16. The third-order valence-corrected chi connectivity index (χ3v) is 2.75. The highest BCUT2D eigenvalue weighted by atomic mass is 16.5. The van der Waals surface area contributed by atoms with Gasteiger partial charge >= 0.3 is 0 Å². The van der Waals surface area contributed by atoms with Crippen molar-refractivity contribution in [3.05, 3.63) is 23.9 Å². The van der Waals surface area contributed by atoms with E-state index in [0.717, 1.165) is 0 Å². The number of nitrogen functional groups attached to an aromatic ring is 1. The number of aromatic nitrogens is 1. The van der Waals surface area contributed by atoms with Crippen LogP contribution < -0.4 is 16.6 Å². The van der Waals surface area contributed by atoms with E-state index in [4.69, 9.17) is 10.6 Å². The van der Waals surface area contributed by atoms with Crippen LogP contribution in [0.25, 0.3) is 0 Å². The summed E-state index contributed by atoms with van der Waals surface area (Å²) in [6, 6.07) is 5.03. The SMILES string of the molecule is CCOCC(NC(=O)c1cccc(NN)n1)C(C)C. The summed E-state index contributed by atoms with van der Waals surface area (Å²) < 4.78 is 5.37. The Kier molecular flexibility index (Phi) is 6.24. The standard InChI is InChI=1S/C13H22N4O2/c1-4-19-8-11(9(2)3)16-13(18)10-6-5-7-12(15-10)17-14/h5-7,9,11H,4,8,14H2,1-3H3,(H,15,17)(H,16,18). The maximum atomic E-state index is 12.1. The Bertz CT molecular complexity index is 409. The summed E-state index contributed by atoms with van der Waals surface area (Å²) in [6.07, 6.45) is 0. The summed E-state index contributed by atoms with van der Waals surface area (Å²) in [5.74, 6) is 5.78. The molecule has 4 N–H and O–H groups in total. The van der Waals surface area contributed by atoms with Crippen LogP contribution in [-0.4, -0.2) is 30.1 Å². The van der Waals surface area contributed by atoms with Gasteiger partial charge in [0.2, 0.25) is 0 Å². The van der Waals surface area contributed by atoms with E-state index in [2.05, 4.69) is 15.7 Å². The van der Waals surface area contributed by atoms with Gasteiger partial charge in [-0.05, 0) is 25.0 Å². The van der Waals surface area contributed by atoms with Gasteiger partial charge in [0.15, 0.2) is 0 Å². The molecule has 1 aromatic heterocycles. The highest BCUT2D eigenvalue weighted by molar-refractivity contribution is 5.92. The molecule has 0 saturated carbocycles. The zero-order valence-corrected chi connectivity index (χ0v) is 11.6. The molecule has 1 atom stereocenters. The fraction of sp³-hybridized carbons (Fsp3) is 0.538. The first-order valence-corrected chi connectivity index (χ1v) is 6.40. The lowest BCUT2D eigenvalue weighted by Crippen LogP contribution is -2.42. The van der Waals surface area contributed by atoms with Gasteiger partial charge < -0.3 is 15.5 Å². The molecular weight excluding hydrogens is 244 g/mol. The van der Waals surface area contributed by atoms with Gasteiger partial charge in [0, 0.05) is 6.61 Å². The van der Waals surface area contributed by atoms with Crippen LogP contribution >= 0.6 is 0 Å². The van der Waals surface area contributed by atoms with Crippen molar-refractivity contribution in [3.8, 4) is 0 Å². The molecule has 1 amide bonds. The average molecular weight is 266 g/mol. The van der Waals surface area contributed by atoms with Crippen molar-refractivity contribution in [2.75, 3.05) is 18.6 Å². The number of amides is 1. The van der Waals surface area contributed by atoms with Crippen LogP contribution in [0, 0.1) is 5.92 Å². The lowest BCUT2D eigenvalue weighted by Gasteiger charge is -2.22. The third-order valence-electron chi connectivity index (χ3n) is 2.75. The number of nitrogens with one attached hydrogen (secondary N) is 2. The maximum absolute atomic E-state index is 12.1. The van der Waals surface area contributed by atoms with E-state index >= 15 is 0 Å². The molecule has 0 radical (unpaired) electrons. The molecule has 1 heterocycles. The van der Waals surface area contributed by atoms with Gasteiger partial charge in [0.05, 0.1) is 12.6 Å². The molecule has 1 rings (SSSR count). The monoisotopic (exact) mass is 266 g/mol. The number of ether oxygens (including phenoxy) is 1. The van der Waals surface area contributed by atoms with Crippen LogP contribution in [0.15, 0.2) is 18.2 Å². The molecular formula is C13H22N4O2. The molecule has 0 spiro atoms. The van der Waals surface area contributed by atoms with Crippen LogP contribution in [0.3, 0.4) is 0 Å². The van der Waals surface area contributed by atoms with Crippen LogP contribution in [-0.2, 0) is 4.74 Å². The van der Waals surface area contributed by atoms with E-state index in [1.807, 2.05) is 20.8 Å². The minimum atomic E-state index is -0.226. The topological polar surface area (TPSA) is 89.3 Å². The molecule has 0 bridgehead atoms. The van der Waals surface area contributed by atoms with Gasteiger partial charge in [0.1, 0.15) is 11.5 Å². The zero-order valence-electron chi connectivity index (χ0n) is 11.6. The quantitative estimate of drug-likeness (QED) is 0.509. The Hall–Kier alpha value is -1.66. The second kappa shape index (κ2) is 7.70. The van der Waals surface area contributed by atoms with E-state index < -0.39 is 0 Å². The summed E-state index contributed by atoms with van der Waals surface area (Å²) in [5, 5.41) is 2.92. The molecule has 0 aromatic carbocycles. The number of nitrogens with zero attached hydrogens (tertiary/aromatic N) is 1. The van der Waals surface area contributed by atoms with E-state index in [-0.39, 0.29) is 17.9 Å². The largest absolute Gasteiger partial charge is 0.380 e. The second-order valence-corrected chi connectivity index (χ2v) is 4.54. The molecule has 19 heavy (non-hydrogen) atoms. The summed E-state index contributed by atoms with van der Waals surface area (Å²) in [4.78, 5) is 16.2. The molecule has 0 aliphatic carbocycles. The maximum Gasteiger partial charge on any atom is 0.270 e. The van der Waals surface area contributed by atoms with Gasteiger partial charge in [-0.25, -0.2) is 10.8 Å². The number of hydrogen-bond acceptors (Lipinski definition) is 5. The average Bonchev–Trinajstić information content (AvgIpc) is 2.42. The van der Waals surface area contributed by atoms with Crippen molar-refractivity contribution in [3.63, 3.8) is 0 Å². The van der Waals surface area contributed by atoms with Crippen LogP contribution in [0.1, 0.15) is 31.3 Å². The van der Waals surface area contributed by atoms with Gasteiger partial charge in [-0.2, -0.15) is 0 Å². The summed E-state index contributed by atoms with van der Waals surface area (Å²) in [7, 11) is 0. The number of rotatable bonds is 7. The minimum Gasteiger partial charge on any atom is -0.380 e. The zero-order chi connectivity index (χ0) is 14.3. The fourth-order valence-corrected chi connectivity index (χ4v) is 1.53. The molecule has 0 aliphatic heterocycles. The lowest BCUT2D eigenvalue weighted by atomic mass is 10.1. The van der Waals surface area contributed by atoms with Crippen molar-refractivity contribution in [2.45, 2.75) is 26.8 Å².